The molecule has 5 heteroatoms. The van der Waals surface area contributed by atoms with Gasteiger partial charge >= 0.3 is 0 Å². The molecule has 12 rings (SSSR count). The standard InChI is InChI=1S/C52H31N3O2/c1-2-14-33(15-3-1)49-53-50(55-51(54-49)40-21-13-20-39-37-17-5-9-25-44(37)57-48(39)40)34-30-28-32(29-31-34)35-18-12-19-38-36-16-4-6-22-41(36)52(47(35)38)42-23-7-10-26-45(42)56-46-27-11-8-24-43(46)52/h1-31H. The van der Waals surface area contributed by atoms with Gasteiger partial charge in [0.15, 0.2) is 17.5 Å². The van der Waals surface area contributed by atoms with Crippen LogP contribution >= 0.6 is 0 Å². The number of benzene rings is 8. The second kappa shape index (κ2) is 12.2. The quantitative estimate of drug-likeness (QED) is 0.180. The lowest BCUT2D eigenvalue weighted by molar-refractivity contribution is 0.436. The van der Waals surface area contributed by atoms with Crippen LogP contribution < -0.4 is 4.74 Å². The molecule has 0 atom stereocenters. The van der Waals surface area contributed by atoms with Crippen molar-refractivity contribution >= 4 is 21.9 Å². The molecule has 0 fully saturated rings. The molecule has 0 unspecified atom stereocenters. The van der Waals surface area contributed by atoms with Crippen LogP contribution in [-0.4, -0.2) is 15.0 Å². The van der Waals surface area contributed by atoms with Crippen LogP contribution in [0.15, 0.2) is 192 Å². The highest BCUT2D eigenvalue weighted by Gasteiger charge is 2.52. The van der Waals surface area contributed by atoms with Gasteiger partial charge in [0.25, 0.3) is 0 Å². The summed E-state index contributed by atoms with van der Waals surface area (Å²) < 4.78 is 13.0. The molecule has 0 saturated heterocycles. The van der Waals surface area contributed by atoms with Crippen molar-refractivity contribution in [2.75, 3.05) is 0 Å². The van der Waals surface area contributed by atoms with Gasteiger partial charge in [-0.2, -0.15) is 0 Å². The van der Waals surface area contributed by atoms with Gasteiger partial charge in [0.1, 0.15) is 22.7 Å². The molecule has 5 nitrogen and oxygen atoms in total. The second-order valence-electron chi connectivity index (χ2n) is 14.6. The Bertz CT molecular complexity index is 3180. The van der Waals surface area contributed by atoms with E-state index < -0.39 is 5.41 Å². The van der Waals surface area contributed by atoms with Gasteiger partial charge in [0, 0.05) is 33.0 Å². The molecule has 266 valence electrons. The topological polar surface area (TPSA) is 61.0 Å². The van der Waals surface area contributed by atoms with E-state index in [0.29, 0.717) is 17.5 Å². The lowest BCUT2D eigenvalue weighted by atomic mass is 9.64. The number of para-hydroxylation sites is 4. The molecule has 0 radical (unpaired) electrons. The molecule has 0 bridgehead atoms. The maximum atomic E-state index is 6.60. The highest BCUT2D eigenvalue weighted by Crippen LogP contribution is 2.63. The monoisotopic (exact) mass is 729 g/mol. The van der Waals surface area contributed by atoms with Gasteiger partial charge in [0.05, 0.1) is 11.0 Å². The molecule has 3 heterocycles. The molecular formula is C52H31N3O2. The van der Waals surface area contributed by atoms with E-state index in [9.17, 15) is 0 Å². The Balaban J connectivity index is 1.04. The number of fused-ring (bicyclic) bond motifs is 12. The third kappa shape index (κ3) is 4.60. The van der Waals surface area contributed by atoms with Gasteiger partial charge in [-0.25, -0.2) is 15.0 Å². The molecular weight excluding hydrogens is 699 g/mol. The van der Waals surface area contributed by atoms with Crippen molar-refractivity contribution in [1.82, 2.24) is 15.0 Å². The van der Waals surface area contributed by atoms with Gasteiger partial charge < -0.3 is 9.15 Å². The van der Waals surface area contributed by atoms with Crippen molar-refractivity contribution in [3.8, 4) is 67.9 Å². The zero-order valence-electron chi connectivity index (χ0n) is 30.6. The minimum absolute atomic E-state index is 0.560. The second-order valence-corrected chi connectivity index (χ2v) is 14.6. The molecule has 10 aromatic rings. The summed E-state index contributed by atoms with van der Waals surface area (Å²) in [7, 11) is 0. The molecule has 0 amide bonds. The van der Waals surface area contributed by atoms with Crippen LogP contribution in [0.5, 0.6) is 11.5 Å². The first kappa shape index (κ1) is 31.7. The molecule has 1 spiro atoms. The minimum Gasteiger partial charge on any atom is -0.457 e. The average Bonchev–Trinajstić information content (AvgIpc) is 3.81. The van der Waals surface area contributed by atoms with Gasteiger partial charge in [0.2, 0.25) is 0 Å². The van der Waals surface area contributed by atoms with E-state index in [1.165, 1.54) is 27.8 Å². The Labute approximate surface area is 328 Å². The van der Waals surface area contributed by atoms with Gasteiger partial charge in [-0.3, -0.25) is 0 Å². The molecule has 8 aromatic carbocycles. The molecule has 1 aliphatic carbocycles. The number of aromatic nitrogens is 3. The van der Waals surface area contributed by atoms with Crippen LogP contribution in [0, 0.1) is 0 Å². The van der Waals surface area contributed by atoms with Crippen molar-refractivity contribution in [3.63, 3.8) is 0 Å². The summed E-state index contributed by atoms with van der Waals surface area (Å²) in [5.74, 6) is 3.51. The Hall–Kier alpha value is -7.63. The summed E-state index contributed by atoms with van der Waals surface area (Å²) in [4.78, 5) is 15.2. The number of nitrogens with zero attached hydrogens (tertiary/aromatic N) is 3. The van der Waals surface area contributed by atoms with Gasteiger partial charge in [-0.15, -0.1) is 0 Å². The van der Waals surface area contributed by atoms with Crippen molar-refractivity contribution in [3.05, 3.63) is 210 Å². The van der Waals surface area contributed by atoms with E-state index in [-0.39, 0.29) is 0 Å². The summed E-state index contributed by atoms with van der Waals surface area (Å²) in [5.41, 5.74) is 13.2. The smallest absolute Gasteiger partial charge is 0.167 e. The van der Waals surface area contributed by atoms with Crippen molar-refractivity contribution in [2.24, 2.45) is 0 Å². The van der Waals surface area contributed by atoms with Crippen LogP contribution in [-0.2, 0) is 5.41 Å². The fourth-order valence-corrected chi connectivity index (χ4v) is 9.22. The number of hydrogen-bond acceptors (Lipinski definition) is 5. The summed E-state index contributed by atoms with van der Waals surface area (Å²) in [6.45, 7) is 0. The highest BCUT2D eigenvalue weighted by molar-refractivity contribution is 6.09. The predicted octanol–water partition coefficient (Wildman–Crippen LogP) is 12.9. The van der Waals surface area contributed by atoms with E-state index in [1.54, 1.807) is 0 Å². The van der Waals surface area contributed by atoms with E-state index in [4.69, 9.17) is 24.1 Å². The largest absolute Gasteiger partial charge is 0.457 e. The maximum absolute atomic E-state index is 6.60. The van der Waals surface area contributed by atoms with Crippen LogP contribution in [0.25, 0.3) is 78.4 Å². The Kier molecular flexibility index (Phi) is 6.78. The zero-order valence-corrected chi connectivity index (χ0v) is 30.6. The summed E-state index contributed by atoms with van der Waals surface area (Å²) >= 11 is 0. The molecule has 1 aliphatic heterocycles. The average molecular weight is 730 g/mol. The van der Waals surface area contributed by atoms with Crippen LogP contribution in [0.1, 0.15) is 22.3 Å². The fourth-order valence-electron chi connectivity index (χ4n) is 9.22. The third-order valence-electron chi connectivity index (χ3n) is 11.6. The lowest BCUT2D eigenvalue weighted by Crippen LogP contribution is -2.32. The third-order valence-corrected chi connectivity index (χ3v) is 11.6. The van der Waals surface area contributed by atoms with Crippen LogP contribution in [0.4, 0.5) is 0 Å². The van der Waals surface area contributed by atoms with Gasteiger partial charge in [-0.1, -0.05) is 164 Å². The van der Waals surface area contributed by atoms with Crippen molar-refractivity contribution in [2.45, 2.75) is 5.41 Å². The Morgan fingerprint density at radius 2 is 0.877 bits per heavy atom. The van der Waals surface area contributed by atoms with E-state index in [1.807, 2.05) is 60.7 Å². The van der Waals surface area contributed by atoms with Crippen LogP contribution in [0.2, 0.25) is 0 Å². The molecule has 2 aromatic heterocycles. The number of hydrogen-bond donors (Lipinski definition) is 0. The Morgan fingerprint density at radius 1 is 0.351 bits per heavy atom. The SMILES string of the molecule is c1ccc(-c2nc(-c3ccc(-c4cccc5c4C4(c6ccccc6Oc6ccccc64)c4ccccc4-5)cc3)nc(-c3cccc4c3oc3ccccc34)n2)cc1. The minimum atomic E-state index is -0.571. The summed E-state index contributed by atoms with van der Waals surface area (Å²) in [6, 6.07) is 65.5. The predicted molar refractivity (Wildman–Crippen MR) is 226 cm³/mol. The van der Waals surface area contributed by atoms with Crippen LogP contribution in [0.3, 0.4) is 0 Å². The maximum Gasteiger partial charge on any atom is 0.167 e. The molecule has 0 saturated carbocycles. The normalized spacial score (nSPS) is 13.2. The molecule has 57 heavy (non-hydrogen) atoms. The summed E-state index contributed by atoms with van der Waals surface area (Å²) in [5, 5.41) is 2.09. The fraction of sp³-hybridized carbons (Fsp3) is 0.0192. The first-order chi connectivity index (χ1) is 28.3. The van der Waals surface area contributed by atoms with Crippen molar-refractivity contribution in [1.29, 1.82) is 0 Å². The first-order valence-corrected chi connectivity index (χ1v) is 19.2. The molecule has 0 N–H and O–H groups in total. The first-order valence-electron chi connectivity index (χ1n) is 19.2. The van der Waals surface area contributed by atoms with E-state index in [0.717, 1.165) is 66.8 Å². The van der Waals surface area contributed by atoms with E-state index >= 15 is 0 Å². The zero-order chi connectivity index (χ0) is 37.5. The van der Waals surface area contributed by atoms with E-state index in [2.05, 4.69) is 127 Å². The molecule has 2 aliphatic rings. The number of ether oxygens (including phenoxy) is 1. The van der Waals surface area contributed by atoms with Gasteiger partial charge in [-0.05, 0) is 57.6 Å². The lowest BCUT2D eigenvalue weighted by Gasteiger charge is -2.40. The highest BCUT2D eigenvalue weighted by atomic mass is 16.5. The Morgan fingerprint density at radius 3 is 1.65 bits per heavy atom. The number of rotatable bonds is 4. The van der Waals surface area contributed by atoms with Crippen molar-refractivity contribution < 1.29 is 9.15 Å². The number of furan rings is 1. The summed E-state index contributed by atoms with van der Waals surface area (Å²) in [6.07, 6.45) is 0.